The summed E-state index contributed by atoms with van der Waals surface area (Å²) in [5.74, 6) is 1.27. The van der Waals surface area contributed by atoms with E-state index in [4.69, 9.17) is 5.14 Å². The van der Waals surface area contributed by atoms with E-state index >= 15 is 0 Å². The number of aromatic nitrogens is 4. The molecule has 0 bridgehead atoms. The topological polar surface area (TPSA) is 107 Å². The Hall–Kier alpha value is -2.62. The van der Waals surface area contributed by atoms with Crippen molar-refractivity contribution in [3.8, 4) is 17.1 Å². The minimum Gasteiger partial charge on any atom is -0.360 e. The molecule has 4 rings (SSSR count). The number of aromatic amines is 1. The first-order chi connectivity index (χ1) is 13.9. The van der Waals surface area contributed by atoms with E-state index in [0.29, 0.717) is 17.3 Å². The van der Waals surface area contributed by atoms with Crippen LogP contribution in [-0.2, 0) is 10.0 Å². The third kappa shape index (κ3) is 4.36. The molecule has 0 atom stereocenters. The number of hydrogen-bond acceptors (Lipinski definition) is 5. The van der Waals surface area contributed by atoms with Crippen molar-refractivity contribution in [3.63, 3.8) is 0 Å². The lowest BCUT2D eigenvalue weighted by Crippen LogP contribution is -2.16. The average Bonchev–Trinajstić information content (AvgIpc) is 3.28. The number of benzene rings is 2. The Bertz CT molecular complexity index is 1260. The summed E-state index contributed by atoms with van der Waals surface area (Å²) in [6.07, 6.45) is 2.39. The van der Waals surface area contributed by atoms with Crippen molar-refractivity contribution in [2.45, 2.75) is 18.5 Å². The molecular formula is C20H21N5O2S2. The van der Waals surface area contributed by atoms with Crippen molar-refractivity contribution in [1.82, 2.24) is 19.7 Å². The minimum atomic E-state index is -3.46. The van der Waals surface area contributed by atoms with Gasteiger partial charge in [-0.05, 0) is 37.1 Å². The first-order valence-electron chi connectivity index (χ1n) is 9.14. The van der Waals surface area contributed by atoms with Gasteiger partial charge in [0.15, 0.2) is 11.0 Å². The molecule has 0 unspecified atom stereocenters. The molecule has 150 valence electrons. The van der Waals surface area contributed by atoms with Crippen LogP contribution in [0.1, 0.15) is 12.0 Å². The van der Waals surface area contributed by atoms with Crippen LogP contribution in [0, 0.1) is 6.92 Å². The summed E-state index contributed by atoms with van der Waals surface area (Å²) >= 11 is 1.47. The molecule has 0 aliphatic carbocycles. The normalized spacial score (nSPS) is 11.9. The maximum Gasteiger partial charge on any atom is 0.209 e. The van der Waals surface area contributed by atoms with E-state index in [1.165, 1.54) is 11.8 Å². The lowest BCUT2D eigenvalue weighted by molar-refractivity contribution is 0.596. The molecule has 2 heterocycles. The van der Waals surface area contributed by atoms with Crippen molar-refractivity contribution in [3.05, 3.63) is 60.3 Å². The van der Waals surface area contributed by atoms with Crippen LogP contribution in [0.3, 0.4) is 0 Å². The van der Waals surface area contributed by atoms with E-state index < -0.39 is 10.0 Å². The number of primary sulfonamides is 1. The van der Waals surface area contributed by atoms with E-state index in [1.54, 1.807) is 0 Å². The van der Waals surface area contributed by atoms with Crippen LogP contribution in [0.25, 0.3) is 28.0 Å². The van der Waals surface area contributed by atoms with Crippen LogP contribution in [-0.4, -0.2) is 39.7 Å². The zero-order valence-electron chi connectivity index (χ0n) is 15.9. The Kier molecular flexibility index (Phi) is 5.44. The number of sulfonamides is 1. The SMILES string of the molecule is Cc1cccc(-n2c(SCCCS(N)(=O)=O)nnc2-c2c[nH]c3ccccc23)c1. The molecule has 9 heteroatoms. The van der Waals surface area contributed by atoms with Gasteiger partial charge in [0.05, 0.1) is 5.75 Å². The molecule has 0 aliphatic heterocycles. The van der Waals surface area contributed by atoms with Gasteiger partial charge in [0.2, 0.25) is 10.0 Å². The smallest absolute Gasteiger partial charge is 0.209 e. The number of rotatable bonds is 7. The van der Waals surface area contributed by atoms with Crippen molar-refractivity contribution in [2.75, 3.05) is 11.5 Å². The standard InChI is InChI=1S/C20H21N5O2S2/c1-14-6-4-7-15(12-14)25-19(17-13-22-18-9-3-2-8-16(17)18)23-24-20(25)28-10-5-11-29(21,26)27/h2-4,6-9,12-13,22H,5,10-11H2,1H3,(H2,21,26,27). The zero-order valence-corrected chi connectivity index (χ0v) is 17.5. The largest absolute Gasteiger partial charge is 0.360 e. The third-order valence-corrected chi connectivity index (χ3v) is 6.40. The zero-order chi connectivity index (χ0) is 20.4. The molecule has 7 nitrogen and oxygen atoms in total. The van der Waals surface area contributed by atoms with E-state index in [9.17, 15) is 8.42 Å². The van der Waals surface area contributed by atoms with E-state index in [1.807, 2.05) is 54.1 Å². The molecule has 0 aliphatic rings. The average molecular weight is 428 g/mol. The fraction of sp³-hybridized carbons (Fsp3) is 0.200. The molecule has 0 saturated heterocycles. The summed E-state index contributed by atoms with van der Waals surface area (Å²) in [7, 11) is -3.46. The van der Waals surface area contributed by atoms with Gasteiger partial charge in [-0.15, -0.1) is 10.2 Å². The molecule has 0 spiro atoms. The van der Waals surface area contributed by atoms with Crippen molar-refractivity contribution < 1.29 is 8.42 Å². The highest BCUT2D eigenvalue weighted by Gasteiger charge is 2.19. The summed E-state index contributed by atoms with van der Waals surface area (Å²) in [4.78, 5) is 3.29. The maximum absolute atomic E-state index is 11.2. The second-order valence-electron chi connectivity index (χ2n) is 6.80. The van der Waals surface area contributed by atoms with Crippen LogP contribution in [0.4, 0.5) is 0 Å². The Morgan fingerprint density at radius 2 is 1.97 bits per heavy atom. The summed E-state index contributed by atoms with van der Waals surface area (Å²) in [5.41, 5.74) is 4.09. The minimum absolute atomic E-state index is 0.0477. The number of H-pyrrole nitrogens is 1. The summed E-state index contributed by atoms with van der Waals surface area (Å²) in [6, 6.07) is 16.2. The van der Waals surface area contributed by atoms with Gasteiger partial charge in [0.1, 0.15) is 0 Å². The Labute approximate surface area is 173 Å². The van der Waals surface area contributed by atoms with Crippen molar-refractivity contribution in [1.29, 1.82) is 0 Å². The maximum atomic E-state index is 11.2. The monoisotopic (exact) mass is 427 g/mol. The second kappa shape index (κ2) is 8.02. The molecule has 2 aromatic carbocycles. The molecular weight excluding hydrogens is 406 g/mol. The Balaban J connectivity index is 1.75. The van der Waals surface area contributed by atoms with Gasteiger partial charge >= 0.3 is 0 Å². The molecule has 2 aromatic heterocycles. The van der Waals surface area contributed by atoms with Crippen LogP contribution in [0.5, 0.6) is 0 Å². The van der Waals surface area contributed by atoms with E-state index in [-0.39, 0.29) is 5.75 Å². The number of thioether (sulfide) groups is 1. The number of nitrogens with zero attached hydrogens (tertiary/aromatic N) is 3. The summed E-state index contributed by atoms with van der Waals surface area (Å²) < 4.78 is 24.4. The fourth-order valence-electron chi connectivity index (χ4n) is 3.22. The summed E-state index contributed by atoms with van der Waals surface area (Å²) in [5, 5.41) is 15.8. The molecule has 0 fully saturated rings. The predicted molar refractivity (Wildman–Crippen MR) is 117 cm³/mol. The van der Waals surface area contributed by atoms with Crippen LogP contribution >= 0.6 is 11.8 Å². The van der Waals surface area contributed by atoms with E-state index in [0.717, 1.165) is 33.5 Å². The van der Waals surface area contributed by atoms with Gasteiger partial charge < -0.3 is 4.98 Å². The lowest BCUT2D eigenvalue weighted by atomic mass is 10.1. The lowest BCUT2D eigenvalue weighted by Gasteiger charge is -2.11. The molecule has 0 amide bonds. The number of nitrogens with two attached hydrogens (primary N) is 1. The van der Waals surface area contributed by atoms with Gasteiger partial charge in [-0.25, -0.2) is 13.6 Å². The van der Waals surface area contributed by atoms with Gasteiger partial charge in [0, 0.05) is 34.1 Å². The molecule has 4 aromatic rings. The number of para-hydroxylation sites is 1. The third-order valence-electron chi connectivity index (χ3n) is 4.53. The molecule has 3 N–H and O–H groups in total. The Morgan fingerprint density at radius 3 is 2.76 bits per heavy atom. The number of nitrogens with one attached hydrogen (secondary N) is 1. The Morgan fingerprint density at radius 1 is 1.14 bits per heavy atom. The van der Waals surface area contributed by atoms with Gasteiger partial charge in [-0.1, -0.05) is 42.1 Å². The quantitative estimate of drug-likeness (QED) is 0.347. The highest BCUT2D eigenvalue weighted by molar-refractivity contribution is 7.99. The highest BCUT2D eigenvalue weighted by atomic mass is 32.2. The first-order valence-corrected chi connectivity index (χ1v) is 11.8. The number of aryl methyl sites for hydroxylation is 1. The van der Waals surface area contributed by atoms with Crippen LogP contribution < -0.4 is 5.14 Å². The van der Waals surface area contributed by atoms with Gasteiger partial charge in [-0.2, -0.15) is 0 Å². The van der Waals surface area contributed by atoms with Crippen molar-refractivity contribution in [2.24, 2.45) is 5.14 Å². The van der Waals surface area contributed by atoms with E-state index in [2.05, 4.69) is 27.3 Å². The number of hydrogen-bond donors (Lipinski definition) is 2. The van der Waals surface area contributed by atoms with Gasteiger partial charge in [-0.3, -0.25) is 4.57 Å². The van der Waals surface area contributed by atoms with Gasteiger partial charge in [0.25, 0.3) is 0 Å². The predicted octanol–water partition coefficient (Wildman–Crippen LogP) is 3.49. The molecule has 29 heavy (non-hydrogen) atoms. The molecule has 0 saturated carbocycles. The van der Waals surface area contributed by atoms with Crippen molar-refractivity contribution >= 4 is 32.7 Å². The van der Waals surface area contributed by atoms with Crippen LogP contribution in [0.2, 0.25) is 0 Å². The molecule has 0 radical (unpaired) electrons. The second-order valence-corrected chi connectivity index (χ2v) is 9.59. The van der Waals surface area contributed by atoms with Crippen LogP contribution in [0.15, 0.2) is 59.9 Å². The fourth-order valence-corrected chi connectivity index (χ4v) is 4.84. The highest BCUT2D eigenvalue weighted by Crippen LogP contribution is 2.32. The number of fused-ring (bicyclic) bond motifs is 1. The summed E-state index contributed by atoms with van der Waals surface area (Å²) in [6.45, 7) is 2.04. The first kappa shape index (κ1) is 19.7.